The molecule has 0 N–H and O–H groups in total. The normalized spacial score (nSPS) is 10.9. The Bertz CT molecular complexity index is 716. The van der Waals surface area contributed by atoms with Gasteiger partial charge in [0.05, 0.1) is 11.9 Å². The molecule has 1 aromatic carbocycles. The summed E-state index contributed by atoms with van der Waals surface area (Å²) in [5, 5.41) is 3.75. The van der Waals surface area contributed by atoms with Crippen molar-refractivity contribution >= 4 is 11.3 Å². The van der Waals surface area contributed by atoms with Gasteiger partial charge in [0.2, 0.25) is 5.95 Å². The van der Waals surface area contributed by atoms with Crippen molar-refractivity contribution in [1.29, 1.82) is 0 Å². The van der Waals surface area contributed by atoms with Crippen LogP contribution in [-0.4, -0.2) is 28.7 Å². The Hall–Kier alpha value is -2.43. The molecule has 0 atom stereocenters. The minimum absolute atomic E-state index is 0.514. The second-order valence-corrected chi connectivity index (χ2v) is 4.53. The second-order valence-electron chi connectivity index (χ2n) is 4.53. The van der Waals surface area contributed by atoms with E-state index in [0.717, 1.165) is 16.9 Å². The van der Waals surface area contributed by atoms with Gasteiger partial charge < -0.3 is 4.90 Å². The summed E-state index contributed by atoms with van der Waals surface area (Å²) >= 11 is 0. The summed E-state index contributed by atoms with van der Waals surface area (Å²) in [5.74, 6) is -0.514. The summed E-state index contributed by atoms with van der Waals surface area (Å²) in [5.41, 5.74) is 3.52. The minimum atomic E-state index is -0.514. The van der Waals surface area contributed by atoms with Gasteiger partial charge in [-0.3, -0.25) is 0 Å². The van der Waals surface area contributed by atoms with Crippen LogP contribution in [0.1, 0.15) is 0 Å². The summed E-state index contributed by atoms with van der Waals surface area (Å²) in [6.07, 6.45) is 1.73. The lowest BCUT2D eigenvalue weighted by Gasteiger charge is -2.11. The van der Waals surface area contributed by atoms with Crippen LogP contribution in [0.25, 0.3) is 16.9 Å². The fourth-order valence-corrected chi connectivity index (χ4v) is 1.93. The van der Waals surface area contributed by atoms with Crippen LogP contribution in [0.3, 0.4) is 0 Å². The van der Waals surface area contributed by atoms with E-state index in [4.69, 9.17) is 0 Å². The molecule has 2 aromatic heterocycles. The quantitative estimate of drug-likeness (QED) is 0.705. The predicted octanol–water partition coefficient (Wildman–Crippen LogP) is 2.60. The number of rotatable bonds is 2. The molecule has 2 heterocycles. The SMILES string of the molecule is CN(C)c1ccc(-c2cn3nc([18F])ccc3n2)cc1. The number of benzene rings is 1. The Labute approximate surface area is 110 Å². The second kappa shape index (κ2) is 4.35. The van der Waals surface area contributed by atoms with E-state index in [-0.39, 0.29) is 0 Å². The number of halogens is 1. The molecule has 0 amide bonds. The van der Waals surface area contributed by atoms with Gasteiger partial charge >= 0.3 is 0 Å². The van der Waals surface area contributed by atoms with Crippen molar-refractivity contribution in [2.75, 3.05) is 19.0 Å². The van der Waals surface area contributed by atoms with Crippen LogP contribution in [0.2, 0.25) is 0 Å². The van der Waals surface area contributed by atoms with Crippen LogP contribution in [0.4, 0.5) is 10.1 Å². The van der Waals surface area contributed by atoms with Crippen LogP contribution in [0.5, 0.6) is 0 Å². The molecule has 0 fully saturated rings. The number of hydrogen-bond acceptors (Lipinski definition) is 3. The molecule has 5 heteroatoms. The van der Waals surface area contributed by atoms with Gasteiger partial charge in [-0.05, 0) is 24.3 Å². The summed E-state index contributed by atoms with van der Waals surface area (Å²) in [6, 6.07) is 10.9. The molecule has 0 radical (unpaired) electrons. The van der Waals surface area contributed by atoms with Crippen LogP contribution in [0.15, 0.2) is 42.6 Å². The van der Waals surface area contributed by atoms with E-state index in [1.165, 1.54) is 10.6 Å². The van der Waals surface area contributed by atoms with Crippen molar-refractivity contribution in [2.45, 2.75) is 0 Å². The van der Waals surface area contributed by atoms with Crippen LogP contribution >= 0.6 is 0 Å². The zero-order valence-electron chi connectivity index (χ0n) is 10.7. The van der Waals surface area contributed by atoms with Crippen molar-refractivity contribution in [2.24, 2.45) is 0 Å². The predicted molar refractivity (Wildman–Crippen MR) is 72.7 cm³/mol. The summed E-state index contributed by atoms with van der Waals surface area (Å²) in [4.78, 5) is 6.45. The molecule has 0 aliphatic carbocycles. The molecule has 0 spiro atoms. The van der Waals surface area contributed by atoms with E-state index < -0.39 is 5.95 Å². The minimum Gasteiger partial charge on any atom is -0.378 e. The van der Waals surface area contributed by atoms with E-state index in [2.05, 4.69) is 10.1 Å². The van der Waals surface area contributed by atoms with E-state index >= 15 is 0 Å². The van der Waals surface area contributed by atoms with Crippen LogP contribution in [-0.2, 0) is 0 Å². The number of aromatic nitrogens is 3. The maximum atomic E-state index is 13.0. The molecule has 0 saturated carbocycles. The van der Waals surface area contributed by atoms with Crippen molar-refractivity contribution in [3.05, 3.63) is 48.5 Å². The number of fused-ring (bicyclic) bond motifs is 1. The van der Waals surface area contributed by atoms with Gasteiger partial charge in [0.1, 0.15) is 0 Å². The lowest BCUT2D eigenvalue weighted by Crippen LogP contribution is -2.07. The first-order chi connectivity index (χ1) is 9.13. The first kappa shape index (κ1) is 11.6. The number of imidazole rings is 1. The van der Waals surface area contributed by atoms with Crippen molar-refractivity contribution in [1.82, 2.24) is 14.6 Å². The molecule has 0 unspecified atom stereocenters. The van der Waals surface area contributed by atoms with Gasteiger partial charge in [-0.25, -0.2) is 9.50 Å². The molecular formula is C14H13FN4. The topological polar surface area (TPSA) is 33.4 Å². The largest absolute Gasteiger partial charge is 0.378 e. The Kier molecular flexibility index (Phi) is 2.67. The molecule has 3 rings (SSSR count). The van der Waals surface area contributed by atoms with E-state index in [0.29, 0.717) is 5.65 Å². The van der Waals surface area contributed by atoms with Crippen molar-refractivity contribution in [3.8, 4) is 11.3 Å². The molecule has 19 heavy (non-hydrogen) atoms. The zero-order valence-corrected chi connectivity index (χ0v) is 10.7. The fourth-order valence-electron chi connectivity index (χ4n) is 1.93. The standard InChI is InChI=1S/C14H13FN4/c1-18(2)11-5-3-10(4-6-11)12-9-19-14(16-12)8-7-13(15)17-19/h3-9H,1-2H3/i15-1. The first-order valence-corrected chi connectivity index (χ1v) is 5.93. The van der Waals surface area contributed by atoms with Crippen molar-refractivity contribution < 1.29 is 4.39 Å². The highest BCUT2D eigenvalue weighted by molar-refractivity contribution is 5.65. The Morgan fingerprint density at radius 2 is 1.79 bits per heavy atom. The van der Waals surface area contributed by atoms with Gasteiger partial charge in [-0.2, -0.15) is 4.39 Å². The van der Waals surface area contributed by atoms with Gasteiger partial charge in [0.25, 0.3) is 0 Å². The third-order valence-corrected chi connectivity index (χ3v) is 2.97. The molecule has 0 aliphatic heterocycles. The molecule has 4 nitrogen and oxygen atoms in total. The third kappa shape index (κ3) is 2.14. The van der Waals surface area contributed by atoms with Crippen LogP contribution < -0.4 is 4.90 Å². The molecule has 96 valence electrons. The Morgan fingerprint density at radius 1 is 1.05 bits per heavy atom. The third-order valence-electron chi connectivity index (χ3n) is 2.97. The lowest BCUT2D eigenvalue weighted by atomic mass is 10.1. The Balaban J connectivity index is 2.03. The average Bonchev–Trinajstić information content (AvgIpc) is 2.81. The molecule has 0 bridgehead atoms. The average molecular weight is 255 g/mol. The molecule has 3 aromatic rings. The van der Waals surface area contributed by atoms with Crippen molar-refractivity contribution in [3.63, 3.8) is 0 Å². The first-order valence-electron chi connectivity index (χ1n) is 5.93. The van der Waals surface area contributed by atoms with E-state index in [1.807, 2.05) is 43.3 Å². The maximum Gasteiger partial charge on any atom is 0.231 e. The Morgan fingerprint density at radius 3 is 2.47 bits per heavy atom. The van der Waals surface area contributed by atoms with E-state index in [9.17, 15) is 4.39 Å². The summed E-state index contributed by atoms with van der Waals surface area (Å²) in [7, 11) is 3.99. The zero-order chi connectivity index (χ0) is 13.4. The number of anilines is 1. The molecular weight excluding hydrogens is 242 g/mol. The van der Waals surface area contributed by atoms with Crippen LogP contribution in [0, 0.1) is 5.95 Å². The van der Waals surface area contributed by atoms with E-state index in [1.54, 1.807) is 12.3 Å². The smallest absolute Gasteiger partial charge is 0.231 e. The lowest BCUT2D eigenvalue weighted by molar-refractivity contribution is 0.555. The highest BCUT2D eigenvalue weighted by Gasteiger charge is 2.06. The highest BCUT2D eigenvalue weighted by atomic mass is 18.2. The fraction of sp³-hybridized carbons (Fsp3) is 0.143. The molecule has 0 saturated heterocycles. The van der Waals surface area contributed by atoms with Gasteiger partial charge in [-0.1, -0.05) is 12.1 Å². The monoisotopic (exact) mass is 255 g/mol. The number of nitrogens with zero attached hydrogens (tertiary/aromatic N) is 4. The van der Waals surface area contributed by atoms with Gasteiger partial charge in [-0.15, -0.1) is 5.10 Å². The summed E-state index contributed by atoms with van der Waals surface area (Å²) in [6.45, 7) is 0. The highest BCUT2D eigenvalue weighted by Crippen LogP contribution is 2.21. The van der Waals surface area contributed by atoms with Gasteiger partial charge in [0, 0.05) is 25.3 Å². The summed E-state index contributed by atoms with van der Waals surface area (Å²) < 4.78 is 14.5. The number of hydrogen-bond donors (Lipinski definition) is 0. The van der Waals surface area contributed by atoms with Gasteiger partial charge in [0.15, 0.2) is 5.65 Å². The maximum absolute atomic E-state index is 13.0. The molecule has 0 aliphatic rings.